The van der Waals surface area contributed by atoms with E-state index in [1.54, 1.807) is 0 Å². The standard InChI is InChI=1S/C58H40N2/c1-7-22-41(23-8-1)49-36-19-20-37-50(49)58-59-53(43-26-11-3-12-27-43)40-54(60-58)48-35-21-34-47(38-48)52-39-51(42-24-9-2-10-25-42)55(44-28-13-4-14-29-44)57(46-32-17-6-18-33-46)56(52)45-30-15-5-16-31-45/h1-40H. The van der Waals surface area contributed by atoms with E-state index in [1.165, 1.54) is 27.8 Å². The van der Waals surface area contributed by atoms with E-state index < -0.39 is 0 Å². The van der Waals surface area contributed by atoms with Gasteiger partial charge in [0, 0.05) is 16.7 Å². The number of benzene rings is 9. The lowest BCUT2D eigenvalue weighted by Crippen LogP contribution is -1.99. The van der Waals surface area contributed by atoms with Crippen molar-refractivity contribution in [2.75, 3.05) is 0 Å². The van der Waals surface area contributed by atoms with Crippen LogP contribution in [0.15, 0.2) is 243 Å². The van der Waals surface area contributed by atoms with Gasteiger partial charge in [0.2, 0.25) is 0 Å². The van der Waals surface area contributed by atoms with Gasteiger partial charge in [-0.3, -0.25) is 0 Å². The number of aromatic nitrogens is 2. The molecule has 0 aliphatic heterocycles. The molecule has 0 aliphatic rings. The van der Waals surface area contributed by atoms with Crippen LogP contribution in [0, 0.1) is 0 Å². The van der Waals surface area contributed by atoms with Crippen LogP contribution in [0.5, 0.6) is 0 Å². The molecule has 0 amide bonds. The molecule has 0 bridgehead atoms. The normalized spacial score (nSPS) is 11.0. The number of hydrogen-bond acceptors (Lipinski definition) is 2. The quantitative estimate of drug-likeness (QED) is 0.146. The monoisotopic (exact) mass is 764 g/mol. The van der Waals surface area contributed by atoms with Crippen molar-refractivity contribution in [3.63, 3.8) is 0 Å². The topological polar surface area (TPSA) is 25.8 Å². The lowest BCUT2D eigenvalue weighted by Gasteiger charge is -2.24. The maximum atomic E-state index is 5.37. The van der Waals surface area contributed by atoms with Crippen LogP contribution in [0.25, 0.3) is 101 Å². The van der Waals surface area contributed by atoms with Gasteiger partial charge >= 0.3 is 0 Å². The van der Waals surface area contributed by atoms with Gasteiger partial charge in [0.25, 0.3) is 0 Å². The van der Waals surface area contributed by atoms with E-state index in [2.05, 4.69) is 231 Å². The Bertz CT molecular complexity index is 3040. The second-order valence-corrected chi connectivity index (χ2v) is 14.9. The highest BCUT2D eigenvalue weighted by molar-refractivity contribution is 6.07. The Morgan fingerprint density at radius 3 is 1.07 bits per heavy atom. The first-order valence-electron chi connectivity index (χ1n) is 20.4. The van der Waals surface area contributed by atoms with Gasteiger partial charge in [0.05, 0.1) is 11.4 Å². The summed E-state index contributed by atoms with van der Waals surface area (Å²) in [5.41, 5.74) is 18.7. The second kappa shape index (κ2) is 16.5. The average molecular weight is 765 g/mol. The number of nitrogens with zero attached hydrogens (tertiary/aromatic N) is 2. The van der Waals surface area contributed by atoms with Gasteiger partial charge in [-0.2, -0.15) is 0 Å². The summed E-state index contributed by atoms with van der Waals surface area (Å²) in [4.78, 5) is 10.6. The van der Waals surface area contributed by atoms with Gasteiger partial charge in [-0.1, -0.05) is 224 Å². The van der Waals surface area contributed by atoms with E-state index in [-0.39, 0.29) is 0 Å². The first kappa shape index (κ1) is 36.4. The van der Waals surface area contributed by atoms with E-state index in [9.17, 15) is 0 Å². The van der Waals surface area contributed by atoms with Crippen molar-refractivity contribution >= 4 is 0 Å². The van der Waals surface area contributed by atoms with Gasteiger partial charge in [-0.05, 0) is 85.0 Å². The van der Waals surface area contributed by atoms with Gasteiger partial charge in [-0.15, -0.1) is 0 Å². The highest BCUT2D eigenvalue weighted by Gasteiger charge is 2.24. The molecular formula is C58H40N2. The summed E-state index contributed by atoms with van der Waals surface area (Å²) in [6, 6.07) is 86.0. The largest absolute Gasteiger partial charge is 0.228 e. The van der Waals surface area contributed by atoms with E-state index in [0.717, 1.165) is 67.0 Å². The molecule has 0 radical (unpaired) electrons. The van der Waals surface area contributed by atoms with Gasteiger partial charge < -0.3 is 0 Å². The molecule has 10 aromatic rings. The number of rotatable bonds is 9. The zero-order valence-electron chi connectivity index (χ0n) is 33.0. The summed E-state index contributed by atoms with van der Waals surface area (Å²) < 4.78 is 0. The summed E-state index contributed by atoms with van der Waals surface area (Å²) in [7, 11) is 0. The van der Waals surface area contributed by atoms with Gasteiger partial charge in [0.15, 0.2) is 5.82 Å². The van der Waals surface area contributed by atoms with Crippen LogP contribution in [-0.2, 0) is 0 Å². The van der Waals surface area contributed by atoms with Crippen LogP contribution in [0.2, 0.25) is 0 Å². The predicted molar refractivity (Wildman–Crippen MR) is 251 cm³/mol. The Kier molecular flexibility index (Phi) is 10.0. The van der Waals surface area contributed by atoms with Crippen molar-refractivity contribution in [3.05, 3.63) is 243 Å². The Labute approximate surface area is 351 Å². The molecule has 1 heterocycles. The molecule has 2 heteroatoms. The minimum Gasteiger partial charge on any atom is -0.228 e. The summed E-state index contributed by atoms with van der Waals surface area (Å²) in [5.74, 6) is 0.686. The smallest absolute Gasteiger partial charge is 0.161 e. The molecule has 60 heavy (non-hydrogen) atoms. The SMILES string of the molecule is c1ccc(-c2cc(-c3cccc(-c4cc(-c5ccccc5)c(-c5ccccc5)c(-c5ccccc5)c4-c4ccccc4)c3)nc(-c3ccccc3-c3ccccc3)n2)cc1. The molecule has 10 rings (SSSR count). The molecule has 282 valence electrons. The maximum Gasteiger partial charge on any atom is 0.161 e. The zero-order valence-corrected chi connectivity index (χ0v) is 33.0. The molecular weight excluding hydrogens is 725 g/mol. The second-order valence-electron chi connectivity index (χ2n) is 14.9. The van der Waals surface area contributed by atoms with Crippen LogP contribution in [-0.4, -0.2) is 9.97 Å². The number of hydrogen-bond donors (Lipinski definition) is 0. The fourth-order valence-corrected chi connectivity index (χ4v) is 8.32. The third kappa shape index (κ3) is 7.23. The summed E-state index contributed by atoms with van der Waals surface area (Å²) in [6.45, 7) is 0. The van der Waals surface area contributed by atoms with Crippen molar-refractivity contribution in [2.24, 2.45) is 0 Å². The minimum absolute atomic E-state index is 0.686. The van der Waals surface area contributed by atoms with Crippen molar-refractivity contribution in [2.45, 2.75) is 0 Å². The molecule has 0 unspecified atom stereocenters. The molecule has 0 fully saturated rings. The Morgan fingerprint density at radius 2 is 0.550 bits per heavy atom. The molecule has 0 N–H and O–H groups in total. The lowest BCUT2D eigenvalue weighted by atomic mass is 9.78. The van der Waals surface area contributed by atoms with E-state index in [0.29, 0.717) is 5.82 Å². The van der Waals surface area contributed by atoms with Crippen LogP contribution in [0.4, 0.5) is 0 Å². The van der Waals surface area contributed by atoms with Crippen LogP contribution < -0.4 is 0 Å². The summed E-state index contributed by atoms with van der Waals surface area (Å²) in [5, 5.41) is 0. The molecule has 0 aliphatic carbocycles. The Balaban J connectivity index is 1.25. The van der Waals surface area contributed by atoms with Crippen LogP contribution >= 0.6 is 0 Å². The Morgan fingerprint density at radius 1 is 0.200 bits per heavy atom. The first-order valence-corrected chi connectivity index (χ1v) is 20.4. The molecule has 0 saturated carbocycles. The third-order valence-corrected chi connectivity index (χ3v) is 11.1. The maximum absolute atomic E-state index is 5.37. The van der Waals surface area contributed by atoms with E-state index in [1.807, 2.05) is 12.1 Å². The van der Waals surface area contributed by atoms with E-state index >= 15 is 0 Å². The van der Waals surface area contributed by atoms with Crippen LogP contribution in [0.1, 0.15) is 0 Å². The zero-order chi connectivity index (χ0) is 40.1. The highest BCUT2D eigenvalue weighted by Crippen LogP contribution is 2.50. The van der Waals surface area contributed by atoms with E-state index in [4.69, 9.17) is 9.97 Å². The van der Waals surface area contributed by atoms with Gasteiger partial charge in [-0.25, -0.2) is 9.97 Å². The Hall–Kier alpha value is -7.94. The predicted octanol–water partition coefficient (Wildman–Crippen LogP) is 15.5. The van der Waals surface area contributed by atoms with Gasteiger partial charge in [0.1, 0.15) is 0 Å². The minimum atomic E-state index is 0.686. The van der Waals surface area contributed by atoms with Crippen LogP contribution in [0.3, 0.4) is 0 Å². The summed E-state index contributed by atoms with van der Waals surface area (Å²) >= 11 is 0. The molecule has 0 spiro atoms. The van der Waals surface area contributed by atoms with Crippen molar-refractivity contribution in [1.29, 1.82) is 0 Å². The average Bonchev–Trinajstić information content (AvgIpc) is 3.35. The first-order chi connectivity index (χ1) is 29.8. The molecule has 9 aromatic carbocycles. The van der Waals surface area contributed by atoms with Crippen molar-refractivity contribution in [3.8, 4) is 101 Å². The lowest BCUT2D eigenvalue weighted by molar-refractivity contribution is 1.18. The molecule has 0 atom stereocenters. The van der Waals surface area contributed by atoms with Crippen molar-refractivity contribution < 1.29 is 0 Å². The fraction of sp³-hybridized carbons (Fsp3) is 0. The third-order valence-electron chi connectivity index (χ3n) is 11.1. The molecule has 0 saturated heterocycles. The highest BCUT2D eigenvalue weighted by atomic mass is 14.9. The molecule has 2 nitrogen and oxygen atoms in total. The van der Waals surface area contributed by atoms with Crippen molar-refractivity contribution in [1.82, 2.24) is 9.97 Å². The molecule has 1 aromatic heterocycles. The summed E-state index contributed by atoms with van der Waals surface area (Å²) in [6.07, 6.45) is 0. The fourth-order valence-electron chi connectivity index (χ4n) is 8.32.